The highest BCUT2D eigenvalue weighted by Gasteiger charge is 2.13. The molecule has 0 aliphatic rings. The van der Waals surface area contributed by atoms with Crippen molar-refractivity contribution in [3.8, 4) is 5.75 Å². The van der Waals surface area contributed by atoms with Crippen molar-refractivity contribution in [2.24, 2.45) is 5.92 Å². The second kappa shape index (κ2) is 8.46. The predicted octanol–water partition coefficient (Wildman–Crippen LogP) is 3.22. The number of hydrogen-bond donors (Lipinski definition) is 2. The molecule has 4 nitrogen and oxygen atoms in total. The number of hydrogen-bond acceptors (Lipinski definition) is 3. The molecule has 0 saturated carbocycles. The fourth-order valence-electron chi connectivity index (χ4n) is 1.73. The standard InChI is InChI=1S/C16H26N2O2/c1-4-5-9-18-16(19)14-11-13(17)6-7-15(14)20-10-8-12(2)3/h6-7,11-12H,4-5,8-10,17H2,1-3H3,(H,18,19). The summed E-state index contributed by atoms with van der Waals surface area (Å²) in [6.07, 6.45) is 2.98. The zero-order valence-corrected chi connectivity index (χ0v) is 12.7. The molecule has 0 aromatic heterocycles. The van der Waals surface area contributed by atoms with Crippen LogP contribution in [0.2, 0.25) is 0 Å². The predicted molar refractivity (Wildman–Crippen MR) is 83.0 cm³/mol. The smallest absolute Gasteiger partial charge is 0.255 e. The van der Waals surface area contributed by atoms with E-state index in [9.17, 15) is 4.79 Å². The summed E-state index contributed by atoms with van der Waals surface area (Å²) in [4.78, 5) is 12.1. The summed E-state index contributed by atoms with van der Waals surface area (Å²) in [6, 6.07) is 5.20. The van der Waals surface area contributed by atoms with E-state index in [1.165, 1.54) is 0 Å². The Balaban J connectivity index is 2.71. The van der Waals surface area contributed by atoms with E-state index in [4.69, 9.17) is 10.5 Å². The van der Waals surface area contributed by atoms with Gasteiger partial charge in [-0.15, -0.1) is 0 Å². The monoisotopic (exact) mass is 278 g/mol. The van der Waals surface area contributed by atoms with Crippen LogP contribution in [0.25, 0.3) is 0 Å². The SMILES string of the molecule is CCCCNC(=O)c1cc(N)ccc1OCCC(C)C. The van der Waals surface area contributed by atoms with E-state index in [0.29, 0.717) is 36.1 Å². The molecule has 0 bridgehead atoms. The first-order chi connectivity index (χ1) is 9.54. The van der Waals surface area contributed by atoms with Crippen molar-refractivity contribution in [1.82, 2.24) is 5.32 Å². The molecule has 0 unspecified atom stereocenters. The van der Waals surface area contributed by atoms with Crippen LogP contribution >= 0.6 is 0 Å². The average molecular weight is 278 g/mol. The van der Waals surface area contributed by atoms with Gasteiger partial charge in [0, 0.05) is 12.2 Å². The second-order valence-corrected chi connectivity index (χ2v) is 5.40. The summed E-state index contributed by atoms with van der Waals surface area (Å²) >= 11 is 0. The van der Waals surface area contributed by atoms with Crippen molar-refractivity contribution in [2.45, 2.75) is 40.0 Å². The molecule has 0 aliphatic heterocycles. The number of unbranched alkanes of at least 4 members (excludes halogenated alkanes) is 1. The van der Waals surface area contributed by atoms with Gasteiger partial charge >= 0.3 is 0 Å². The lowest BCUT2D eigenvalue weighted by Crippen LogP contribution is -2.25. The summed E-state index contributed by atoms with van der Waals surface area (Å²) in [7, 11) is 0. The Morgan fingerprint density at radius 3 is 2.80 bits per heavy atom. The van der Waals surface area contributed by atoms with Crippen LogP contribution in [0.15, 0.2) is 18.2 Å². The van der Waals surface area contributed by atoms with Crippen LogP contribution in [-0.2, 0) is 0 Å². The summed E-state index contributed by atoms with van der Waals surface area (Å²) in [5.41, 5.74) is 6.85. The molecule has 1 rings (SSSR count). The number of nitrogens with two attached hydrogens (primary N) is 1. The van der Waals surface area contributed by atoms with Crippen molar-refractivity contribution < 1.29 is 9.53 Å². The van der Waals surface area contributed by atoms with Gasteiger partial charge in [0.25, 0.3) is 5.91 Å². The molecule has 0 fully saturated rings. The highest BCUT2D eigenvalue weighted by molar-refractivity contribution is 5.97. The van der Waals surface area contributed by atoms with Crippen molar-refractivity contribution in [3.63, 3.8) is 0 Å². The first-order valence-corrected chi connectivity index (χ1v) is 7.35. The van der Waals surface area contributed by atoms with E-state index in [1.54, 1.807) is 18.2 Å². The zero-order valence-electron chi connectivity index (χ0n) is 12.7. The van der Waals surface area contributed by atoms with Gasteiger partial charge in [-0.05, 0) is 37.0 Å². The first kappa shape index (κ1) is 16.3. The molecule has 0 spiro atoms. The molecule has 0 saturated heterocycles. The van der Waals surface area contributed by atoms with Crippen LogP contribution in [-0.4, -0.2) is 19.1 Å². The van der Waals surface area contributed by atoms with E-state index in [2.05, 4.69) is 26.1 Å². The van der Waals surface area contributed by atoms with Crippen molar-refractivity contribution in [2.75, 3.05) is 18.9 Å². The van der Waals surface area contributed by atoms with Crippen molar-refractivity contribution in [1.29, 1.82) is 0 Å². The molecule has 0 atom stereocenters. The van der Waals surface area contributed by atoms with E-state index in [0.717, 1.165) is 19.3 Å². The van der Waals surface area contributed by atoms with Gasteiger partial charge in [0.1, 0.15) is 5.75 Å². The number of ether oxygens (including phenoxy) is 1. The van der Waals surface area contributed by atoms with Gasteiger partial charge < -0.3 is 15.8 Å². The zero-order chi connectivity index (χ0) is 15.0. The number of anilines is 1. The second-order valence-electron chi connectivity index (χ2n) is 5.40. The van der Waals surface area contributed by atoms with Gasteiger partial charge in [0.15, 0.2) is 0 Å². The Morgan fingerprint density at radius 1 is 1.40 bits per heavy atom. The molecular formula is C16H26N2O2. The van der Waals surface area contributed by atoms with Crippen molar-refractivity contribution in [3.05, 3.63) is 23.8 Å². The van der Waals surface area contributed by atoms with Crippen LogP contribution in [0.4, 0.5) is 5.69 Å². The minimum absolute atomic E-state index is 0.120. The first-order valence-electron chi connectivity index (χ1n) is 7.35. The minimum atomic E-state index is -0.120. The fraction of sp³-hybridized carbons (Fsp3) is 0.562. The Labute approximate surface area is 121 Å². The minimum Gasteiger partial charge on any atom is -0.493 e. The molecule has 1 aromatic carbocycles. The normalized spacial score (nSPS) is 10.6. The highest BCUT2D eigenvalue weighted by Crippen LogP contribution is 2.22. The molecule has 20 heavy (non-hydrogen) atoms. The van der Waals surface area contributed by atoms with Gasteiger partial charge in [-0.25, -0.2) is 0 Å². The Morgan fingerprint density at radius 2 is 2.15 bits per heavy atom. The van der Waals surface area contributed by atoms with E-state index in [-0.39, 0.29) is 5.91 Å². The lowest BCUT2D eigenvalue weighted by molar-refractivity contribution is 0.0949. The van der Waals surface area contributed by atoms with Crippen LogP contribution < -0.4 is 15.8 Å². The number of rotatable bonds is 8. The molecule has 0 heterocycles. The highest BCUT2D eigenvalue weighted by atomic mass is 16.5. The van der Waals surface area contributed by atoms with Crippen molar-refractivity contribution >= 4 is 11.6 Å². The third kappa shape index (κ3) is 5.51. The Hall–Kier alpha value is -1.71. The lowest BCUT2D eigenvalue weighted by Gasteiger charge is -2.13. The lowest BCUT2D eigenvalue weighted by atomic mass is 10.1. The maximum Gasteiger partial charge on any atom is 0.255 e. The Kier molecular flexibility index (Phi) is 6.91. The van der Waals surface area contributed by atoms with Crippen LogP contribution in [0.1, 0.15) is 50.4 Å². The maximum atomic E-state index is 12.1. The number of carbonyl (C=O) groups is 1. The molecule has 0 aliphatic carbocycles. The van der Waals surface area contributed by atoms with Gasteiger partial charge in [-0.1, -0.05) is 27.2 Å². The summed E-state index contributed by atoms with van der Waals surface area (Å²) in [6.45, 7) is 7.66. The third-order valence-corrected chi connectivity index (χ3v) is 3.02. The summed E-state index contributed by atoms with van der Waals surface area (Å²) < 4.78 is 5.71. The fourth-order valence-corrected chi connectivity index (χ4v) is 1.73. The van der Waals surface area contributed by atoms with Crippen LogP contribution in [0.3, 0.4) is 0 Å². The molecule has 4 heteroatoms. The number of nitrogens with one attached hydrogen (secondary N) is 1. The topological polar surface area (TPSA) is 64.4 Å². The van der Waals surface area contributed by atoms with Gasteiger partial charge in [0.2, 0.25) is 0 Å². The van der Waals surface area contributed by atoms with Crippen LogP contribution in [0, 0.1) is 5.92 Å². The number of benzene rings is 1. The molecular weight excluding hydrogens is 252 g/mol. The number of nitrogen functional groups attached to an aromatic ring is 1. The van der Waals surface area contributed by atoms with Crippen LogP contribution in [0.5, 0.6) is 5.75 Å². The third-order valence-electron chi connectivity index (χ3n) is 3.02. The maximum absolute atomic E-state index is 12.1. The molecule has 3 N–H and O–H groups in total. The molecule has 0 radical (unpaired) electrons. The molecule has 112 valence electrons. The van der Waals surface area contributed by atoms with E-state index < -0.39 is 0 Å². The molecule has 1 amide bonds. The quantitative estimate of drug-likeness (QED) is 0.567. The summed E-state index contributed by atoms with van der Waals surface area (Å²) in [5, 5.41) is 2.89. The van der Waals surface area contributed by atoms with Gasteiger partial charge in [-0.2, -0.15) is 0 Å². The van der Waals surface area contributed by atoms with Gasteiger partial charge in [0.05, 0.1) is 12.2 Å². The Bertz CT molecular complexity index is 430. The summed E-state index contributed by atoms with van der Waals surface area (Å²) in [5.74, 6) is 1.06. The van der Waals surface area contributed by atoms with Gasteiger partial charge in [-0.3, -0.25) is 4.79 Å². The largest absolute Gasteiger partial charge is 0.493 e. The van der Waals surface area contributed by atoms with E-state index >= 15 is 0 Å². The number of carbonyl (C=O) groups excluding carboxylic acids is 1. The van der Waals surface area contributed by atoms with E-state index in [1.807, 2.05) is 0 Å². The number of amides is 1. The average Bonchev–Trinajstić information content (AvgIpc) is 2.40. The molecule has 1 aromatic rings.